The van der Waals surface area contributed by atoms with Gasteiger partial charge in [0.25, 0.3) is 0 Å². The lowest BCUT2D eigenvalue weighted by molar-refractivity contribution is -0.123. The molecule has 0 aromatic heterocycles. The van der Waals surface area contributed by atoms with Gasteiger partial charge in [-0.15, -0.1) is 0 Å². The van der Waals surface area contributed by atoms with Crippen LogP contribution in [0.4, 0.5) is 0 Å². The first kappa shape index (κ1) is 14.8. The van der Waals surface area contributed by atoms with E-state index in [0.29, 0.717) is 5.75 Å². The molecule has 0 rings (SSSR count). The van der Waals surface area contributed by atoms with E-state index >= 15 is 0 Å². The van der Waals surface area contributed by atoms with E-state index in [4.69, 9.17) is 10.8 Å². The summed E-state index contributed by atoms with van der Waals surface area (Å²) in [6, 6.07) is 0. The zero-order valence-corrected chi connectivity index (χ0v) is 10.9. The van der Waals surface area contributed by atoms with Crippen molar-refractivity contribution in [3.8, 4) is 0 Å². The first-order valence-electron chi connectivity index (χ1n) is 5.34. The number of amides is 1. The van der Waals surface area contributed by atoms with Crippen LogP contribution in [0.1, 0.15) is 34.1 Å². The van der Waals surface area contributed by atoms with Gasteiger partial charge in [-0.05, 0) is 12.3 Å². The molecule has 0 spiro atoms. The van der Waals surface area contributed by atoms with Gasteiger partial charge in [0.15, 0.2) is 0 Å². The van der Waals surface area contributed by atoms with Gasteiger partial charge >= 0.3 is 0 Å². The number of nitrogens with two attached hydrogens (primary N) is 1. The molecule has 1 amide bonds. The summed E-state index contributed by atoms with van der Waals surface area (Å²) in [6.07, 6.45) is 0.769. The molecule has 0 fully saturated rings. The minimum absolute atomic E-state index is 0.00725. The molecule has 3 nitrogen and oxygen atoms in total. The Hall–Kier alpha value is -0.220. The highest BCUT2D eigenvalue weighted by molar-refractivity contribution is 8.00. The Morgan fingerprint density at radius 3 is 2.33 bits per heavy atom. The van der Waals surface area contributed by atoms with Crippen LogP contribution in [-0.2, 0) is 4.79 Å². The number of aliphatic hydroxyl groups is 1. The maximum absolute atomic E-state index is 11.3. The largest absolute Gasteiger partial charge is 0.396 e. The lowest BCUT2D eigenvalue weighted by atomic mass is 9.87. The van der Waals surface area contributed by atoms with Crippen LogP contribution in [0.15, 0.2) is 0 Å². The molecule has 0 aliphatic carbocycles. The number of primary amides is 1. The molecule has 0 bridgehead atoms. The van der Waals surface area contributed by atoms with Gasteiger partial charge < -0.3 is 10.8 Å². The minimum Gasteiger partial charge on any atom is -0.396 e. The average Bonchev–Trinajstić information content (AvgIpc) is 2.10. The van der Waals surface area contributed by atoms with Crippen molar-refractivity contribution in [2.24, 2.45) is 17.6 Å². The summed E-state index contributed by atoms with van der Waals surface area (Å²) in [7, 11) is 0. The van der Waals surface area contributed by atoms with Gasteiger partial charge in [0.2, 0.25) is 5.91 Å². The van der Waals surface area contributed by atoms with Crippen LogP contribution in [0, 0.1) is 11.8 Å². The zero-order valence-electron chi connectivity index (χ0n) is 10.1. The number of rotatable bonds is 7. The third-order valence-corrected chi connectivity index (χ3v) is 3.80. The molecule has 0 aliphatic rings. The predicted octanol–water partition coefficient (Wildman–Crippen LogP) is 1.64. The predicted molar refractivity (Wildman–Crippen MR) is 65.8 cm³/mol. The van der Waals surface area contributed by atoms with Crippen molar-refractivity contribution in [2.45, 2.75) is 38.9 Å². The SMILES string of the molecule is CC(C)C(CC(C)(C)SCCO)C(N)=O. The summed E-state index contributed by atoms with van der Waals surface area (Å²) < 4.78 is -0.00725. The van der Waals surface area contributed by atoms with Gasteiger partial charge in [-0.3, -0.25) is 4.79 Å². The van der Waals surface area contributed by atoms with E-state index in [0.717, 1.165) is 6.42 Å². The van der Waals surface area contributed by atoms with E-state index in [9.17, 15) is 4.79 Å². The van der Waals surface area contributed by atoms with Crippen molar-refractivity contribution >= 4 is 17.7 Å². The minimum atomic E-state index is -0.220. The fourth-order valence-corrected chi connectivity index (χ4v) is 2.52. The van der Waals surface area contributed by atoms with Gasteiger partial charge in [0.1, 0.15) is 0 Å². The standard InChI is InChI=1S/C11H23NO2S/c1-8(2)9(10(12)14)7-11(3,4)15-6-5-13/h8-9,13H,5-7H2,1-4H3,(H2,12,14). The molecule has 0 heterocycles. The molecule has 1 unspecified atom stereocenters. The second-order valence-electron chi connectivity index (χ2n) is 4.79. The van der Waals surface area contributed by atoms with E-state index in [1.165, 1.54) is 0 Å². The highest BCUT2D eigenvalue weighted by atomic mass is 32.2. The second kappa shape index (κ2) is 6.38. The maximum atomic E-state index is 11.3. The number of carbonyl (C=O) groups is 1. The Bertz CT molecular complexity index is 205. The Labute approximate surface area is 96.8 Å². The lowest BCUT2D eigenvalue weighted by Gasteiger charge is -2.29. The van der Waals surface area contributed by atoms with E-state index in [1.807, 2.05) is 13.8 Å². The summed E-state index contributed by atoms with van der Waals surface area (Å²) in [5.74, 6) is 0.682. The molecule has 3 N–H and O–H groups in total. The van der Waals surface area contributed by atoms with Crippen molar-refractivity contribution in [3.63, 3.8) is 0 Å². The van der Waals surface area contributed by atoms with E-state index in [-0.39, 0.29) is 29.1 Å². The van der Waals surface area contributed by atoms with Crippen molar-refractivity contribution in [1.29, 1.82) is 0 Å². The third-order valence-electron chi connectivity index (χ3n) is 2.47. The van der Waals surface area contributed by atoms with Crippen molar-refractivity contribution in [1.82, 2.24) is 0 Å². The van der Waals surface area contributed by atoms with Crippen LogP contribution in [0.5, 0.6) is 0 Å². The van der Waals surface area contributed by atoms with Crippen LogP contribution < -0.4 is 5.73 Å². The second-order valence-corrected chi connectivity index (χ2v) is 6.59. The van der Waals surface area contributed by atoms with Crippen LogP contribution >= 0.6 is 11.8 Å². The van der Waals surface area contributed by atoms with Crippen LogP contribution in [-0.4, -0.2) is 28.1 Å². The molecular weight excluding hydrogens is 210 g/mol. The Morgan fingerprint density at radius 2 is 2.00 bits per heavy atom. The first-order valence-corrected chi connectivity index (χ1v) is 6.33. The average molecular weight is 233 g/mol. The summed E-state index contributed by atoms with van der Waals surface area (Å²) in [5, 5.41) is 8.77. The number of aliphatic hydroxyl groups excluding tert-OH is 1. The highest BCUT2D eigenvalue weighted by Crippen LogP contribution is 2.33. The van der Waals surface area contributed by atoms with Crippen molar-refractivity contribution in [2.75, 3.05) is 12.4 Å². The Balaban J connectivity index is 4.31. The first-order chi connectivity index (χ1) is 6.80. The highest BCUT2D eigenvalue weighted by Gasteiger charge is 2.28. The lowest BCUT2D eigenvalue weighted by Crippen LogP contribution is -2.33. The zero-order chi connectivity index (χ0) is 12.1. The molecular formula is C11H23NO2S. The Kier molecular flexibility index (Phi) is 6.29. The molecule has 0 aromatic rings. The third kappa shape index (κ3) is 6.05. The summed E-state index contributed by atoms with van der Waals surface area (Å²) in [4.78, 5) is 11.3. The van der Waals surface area contributed by atoms with Crippen LogP contribution in [0.3, 0.4) is 0 Å². The number of thioether (sulfide) groups is 1. The maximum Gasteiger partial charge on any atom is 0.220 e. The quantitative estimate of drug-likeness (QED) is 0.702. The van der Waals surface area contributed by atoms with Crippen LogP contribution in [0.2, 0.25) is 0 Å². The van der Waals surface area contributed by atoms with Gasteiger partial charge in [0.05, 0.1) is 6.61 Å². The normalized spacial score (nSPS) is 14.3. The Morgan fingerprint density at radius 1 is 1.47 bits per heavy atom. The molecule has 1 atom stereocenters. The fraction of sp³-hybridized carbons (Fsp3) is 0.909. The summed E-state index contributed by atoms with van der Waals surface area (Å²) >= 11 is 1.68. The monoisotopic (exact) mass is 233 g/mol. The molecule has 0 saturated heterocycles. The molecule has 0 aliphatic heterocycles. The molecule has 4 heteroatoms. The number of carbonyl (C=O) groups excluding carboxylic acids is 1. The summed E-state index contributed by atoms with van der Waals surface area (Å²) in [6.45, 7) is 8.39. The van der Waals surface area contributed by atoms with Crippen molar-refractivity contribution in [3.05, 3.63) is 0 Å². The molecule has 0 aromatic carbocycles. The number of hydrogen-bond donors (Lipinski definition) is 2. The molecule has 90 valence electrons. The van der Waals surface area contributed by atoms with Gasteiger partial charge in [0, 0.05) is 16.4 Å². The molecule has 0 radical (unpaired) electrons. The van der Waals surface area contributed by atoms with E-state index in [1.54, 1.807) is 11.8 Å². The molecule has 15 heavy (non-hydrogen) atoms. The smallest absolute Gasteiger partial charge is 0.220 e. The summed E-state index contributed by atoms with van der Waals surface area (Å²) in [5.41, 5.74) is 5.38. The van der Waals surface area contributed by atoms with Gasteiger partial charge in [-0.25, -0.2) is 0 Å². The van der Waals surface area contributed by atoms with E-state index < -0.39 is 0 Å². The van der Waals surface area contributed by atoms with Gasteiger partial charge in [-0.2, -0.15) is 11.8 Å². The fourth-order valence-electron chi connectivity index (χ4n) is 1.58. The molecule has 0 saturated carbocycles. The van der Waals surface area contributed by atoms with E-state index in [2.05, 4.69) is 13.8 Å². The number of hydrogen-bond acceptors (Lipinski definition) is 3. The van der Waals surface area contributed by atoms with Gasteiger partial charge in [-0.1, -0.05) is 27.7 Å². The van der Waals surface area contributed by atoms with Crippen molar-refractivity contribution < 1.29 is 9.90 Å². The van der Waals surface area contributed by atoms with Crippen LogP contribution in [0.25, 0.3) is 0 Å². The topological polar surface area (TPSA) is 63.3 Å².